The molecule has 0 spiro atoms. The second kappa shape index (κ2) is 6.11. The first-order valence-corrected chi connectivity index (χ1v) is 8.38. The third-order valence-corrected chi connectivity index (χ3v) is 4.84. The van der Waals surface area contributed by atoms with Crippen LogP contribution in [0.5, 0.6) is 0 Å². The van der Waals surface area contributed by atoms with Crippen LogP contribution >= 0.6 is 0 Å². The van der Waals surface area contributed by atoms with E-state index >= 15 is 0 Å². The van der Waals surface area contributed by atoms with Crippen LogP contribution in [0.1, 0.15) is 25.6 Å². The molecular formula is C16H20N4O7. The summed E-state index contributed by atoms with van der Waals surface area (Å²) in [6.07, 6.45) is -2.01. The molecule has 3 atom stereocenters. The van der Waals surface area contributed by atoms with Crippen LogP contribution in [0, 0.1) is 0 Å². The fraction of sp³-hybridized carbons (Fsp3) is 0.562. The highest BCUT2D eigenvalue weighted by atomic mass is 16.8. The van der Waals surface area contributed by atoms with Crippen LogP contribution in [-0.2, 0) is 14.2 Å². The number of ether oxygens (including phenoxy) is 3. The number of aliphatic hydroxyl groups excluding tert-OH is 2. The number of aliphatic hydroxyl groups is 2. The lowest BCUT2D eigenvalue weighted by atomic mass is 9.95. The molecule has 2 aliphatic rings. The zero-order valence-electron chi connectivity index (χ0n) is 14.7. The van der Waals surface area contributed by atoms with Gasteiger partial charge in [-0.25, -0.2) is 14.3 Å². The number of fused-ring (bicyclic) bond motifs is 2. The lowest BCUT2D eigenvalue weighted by molar-refractivity contribution is -0.224. The summed E-state index contributed by atoms with van der Waals surface area (Å²) in [6.45, 7) is 2.58. The molecule has 0 aromatic carbocycles. The van der Waals surface area contributed by atoms with Crippen molar-refractivity contribution in [2.45, 2.75) is 43.5 Å². The van der Waals surface area contributed by atoms with E-state index in [4.69, 9.17) is 19.3 Å². The van der Waals surface area contributed by atoms with E-state index in [1.165, 1.54) is 10.8 Å². The van der Waals surface area contributed by atoms with Crippen molar-refractivity contribution in [1.29, 1.82) is 0 Å². The van der Waals surface area contributed by atoms with Gasteiger partial charge in [-0.1, -0.05) is 0 Å². The number of rotatable bonds is 4. The normalized spacial score (nSPS) is 28.4. The Morgan fingerprint density at radius 1 is 1.26 bits per heavy atom. The minimum atomic E-state index is -1.33. The molecule has 2 saturated heterocycles. The van der Waals surface area contributed by atoms with Gasteiger partial charge in [0.15, 0.2) is 11.6 Å². The van der Waals surface area contributed by atoms with Gasteiger partial charge in [0.25, 0.3) is 0 Å². The summed E-state index contributed by atoms with van der Waals surface area (Å²) in [6, 6.07) is 3.36. The summed E-state index contributed by atoms with van der Waals surface area (Å²) >= 11 is 0. The van der Waals surface area contributed by atoms with E-state index in [0.29, 0.717) is 11.2 Å². The molecule has 0 saturated carbocycles. The molecule has 2 fully saturated rings. The number of carboxylic acid groups (broad SMARTS) is 1. The van der Waals surface area contributed by atoms with Gasteiger partial charge in [0.05, 0.1) is 18.9 Å². The Morgan fingerprint density at radius 2 is 2.00 bits per heavy atom. The van der Waals surface area contributed by atoms with Crippen LogP contribution in [0.4, 0.5) is 10.6 Å². The van der Waals surface area contributed by atoms with Crippen molar-refractivity contribution in [2.24, 2.45) is 0 Å². The van der Waals surface area contributed by atoms with Crippen LogP contribution in [0.25, 0.3) is 5.52 Å². The first kappa shape index (κ1) is 18.1. The van der Waals surface area contributed by atoms with Gasteiger partial charge in [-0.3, -0.25) is 5.32 Å². The molecule has 11 nitrogen and oxygen atoms in total. The summed E-state index contributed by atoms with van der Waals surface area (Å²) < 4.78 is 19.4. The second-order valence-corrected chi connectivity index (χ2v) is 7.03. The maximum absolute atomic E-state index is 11.0. The number of hydrogen-bond donors (Lipinski definition) is 4. The number of amides is 1. The monoisotopic (exact) mass is 380 g/mol. The van der Waals surface area contributed by atoms with Crippen LogP contribution in [0.15, 0.2) is 18.5 Å². The highest BCUT2D eigenvalue weighted by molar-refractivity contribution is 5.87. The molecule has 4 N–H and O–H groups in total. The van der Waals surface area contributed by atoms with Gasteiger partial charge >= 0.3 is 6.09 Å². The average molecular weight is 380 g/mol. The maximum atomic E-state index is 11.0. The Kier molecular flexibility index (Phi) is 4.09. The minimum Gasteiger partial charge on any atom is -0.465 e. The lowest BCUT2D eigenvalue weighted by Crippen LogP contribution is -2.49. The smallest absolute Gasteiger partial charge is 0.410 e. The van der Waals surface area contributed by atoms with E-state index in [2.05, 4.69) is 15.4 Å². The lowest BCUT2D eigenvalue weighted by Gasteiger charge is -2.31. The maximum Gasteiger partial charge on any atom is 0.410 e. The molecule has 0 unspecified atom stereocenters. The van der Waals surface area contributed by atoms with Crippen molar-refractivity contribution >= 4 is 17.4 Å². The Labute approximate surface area is 153 Å². The van der Waals surface area contributed by atoms with Crippen LogP contribution < -0.4 is 5.32 Å². The molecule has 2 aromatic rings. The number of nitrogens with zero attached hydrogens (tertiary/aromatic N) is 3. The SMILES string of the molecule is CC1(C)O[C@H]2[C@H](c3ccc4c(NC(=O)O)ncnn34)OC(CO)(CO)[C@H]2O1. The van der Waals surface area contributed by atoms with Gasteiger partial charge < -0.3 is 29.5 Å². The Hall–Kier alpha value is -2.31. The van der Waals surface area contributed by atoms with Gasteiger partial charge in [-0.05, 0) is 26.0 Å². The summed E-state index contributed by atoms with van der Waals surface area (Å²) in [4.78, 5) is 14.9. The van der Waals surface area contributed by atoms with E-state index < -0.39 is 49.0 Å². The number of hydrogen-bond acceptors (Lipinski definition) is 8. The third-order valence-electron chi connectivity index (χ3n) is 4.84. The molecule has 146 valence electrons. The van der Waals surface area contributed by atoms with E-state index in [1.54, 1.807) is 26.0 Å². The van der Waals surface area contributed by atoms with Crippen molar-refractivity contribution in [3.05, 3.63) is 24.2 Å². The highest BCUT2D eigenvalue weighted by Crippen LogP contribution is 2.49. The Bertz CT molecular complexity index is 879. The van der Waals surface area contributed by atoms with Crippen LogP contribution in [0.3, 0.4) is 0 Å². The molecule has 27 heavy (non-hydrogen) atoms. The molecule has 4 heterocycles. The molecule has 0 aliphatic carbocycles. The predicted octanol–water partition coefficient (Wildman–Crippen LogP) is 0.134. The van der Waals surface area contributed by atoms with Crippen molar-refractivity contribution in [3.8, 4) is 0 Å². The zero-order chi connectivity index (χ0) is 19.4. The Morgan fingerprint density at radius 3 is 2.67 bits per heavy atom. The number of aromatic nitrogens is 3. The van der Waals surface area contributed by atoms with E-state index in [0.717, 1.165) is 0 Å². The van der Waals surface area contributed by atoms with E-state index in [-0.39, 0.29) is 5.82 Å². The van der Waals surface area contributed by atoms with Crippen molar-refractivity contribution in [2.75, 3.05) is 18.5 Å². The van der Waals surface area contributed by atoms with Gasteiger partial charge in [0.2, 0.25) is 0 Å². The highest BCUT2D eigenvalue weighted by Gasteiger charge is 2.63. The number of nitrogens with one attached hydrogen (secondary N) is 1. The molecule has 0 bridgehead atoms. The molecule has 2 aromatic heterocycles. The summed E-state index contributed by atoms with van der Waals surface area (Å²) in [5.74, 6) is -0.789. The zero-order valence-corrected chi connectivity index (χ0v) is 14.7. The quantitative estimate of drug-likeness (QED) is 0.581. The van der Waals surface area contributed by atoms with Gasteiger partial charge in [0.1, 0.15) is 35.8 Å². The number of anilines is 1. The van der Waals surface area contributed by atoms with Gasteiger partial charge in [-0.15, -0.1) is 0 Å². The van der Waals surface area contributed by atoms with Gasteiger partial charge in [0, 0.05) is 0 Å². The summed E-state index contributed by atoms with van der Waals surface area (Å²) in [7, 11) is 0. The number of carbonyl (C=O) groups is 1. The third kappa shape index (κ3) is 2.75. The first-order chi connectivity index (χ1) is 12.8. The van der Waals surface area contributed by atoms with Crippen LogP contribution in [-0.4, -0.2) is 72.8 Å². The van der Waals surface area contributed by atoms with E-state index in [9.17, 15) is 15.0 Å². The molecule has 2 aliphatic heterocycles. The van der Waals surface area contributed by atoms with Crippen molar-refractivity contribution in [1.82, 2.24) is 14.6 Å². The second-order valence-electron chi connectivity index (χ2n) is 7.03. The first-order valence-electron chi connectivity index (χ1n) is 8.38. The fourth-order valence-electron chi connectivity index (χ4n) is 3.70. The molecule has 1 amide bonds. The predicted molar refractivity (Wildman–Crippen MR) is 89.2 cm³/mol. The van der Waals surface area contributed by atoms with E-state index in [1.807, 2.05) is 0 Å². The molecule has 0 radical (unpaired) electrons. The largest absolute Gasteiger partial charge is 0.465 e. The summed E-state index contributed by atoms with van der Waals surface area (Å²) in [5.41, 5.74) is -0.345. The minimum absolute atomic E-state index is 0.123. The average Bonchev–Trinajstić information content (AvgIpc) is 3.25. The fourth-order valence-corrected chi connectivity index (χ4v) is 3.70. The summed E-state index contributed by atoms with van der Waals surface area (Å²) in [5, 5.41) is 35.1. The standard InChI is InChI=1S/C16H20N4O7/c1-15(2)25-11-10(26-16(5-21,6-22)12(11)27-15)8-3-4-9-13(19-14(23)24)17-7-18-20(8)9/h3-4,7,10-12,21-22H,5-6H2,1-2H3,(H,23,24)(H,17,18,19)/t10-,11-,12-/m0/s1. The molecule has 11 heteroatoms. The van der Waals surface area contributed by atoms with Crippen molar-refractivity contribution in [3.63, 3.8) is 0 Å². The molecule has 4 rings (SSSR count). The topological polar surface area (TPSA) is 148 Å². The Balaban J connectivity index is 1.78. The molecular weight excluding hydrogens is 360 g/mol. The van der Waals surface area contributed by atoms with Gasteiger partial charge in [-0.2, -0.15) is 5.10 Å². The van der Waals surface area contributed by atoms with Crippen LogP contribution in [0.2, 0.25) is 0 Å². The van der Waals surface area contributed by atoms with Crippen molar-refractivity contribution < 1.29 is 34.3 Å².